The van der Waals surface area contributed by atoms with Crippen molar-refractivity contribution in [3.05, 3.63) is 66.2 Å². The molecular weight excluding hydrogens is 268 g/mol. The molecule has 0 fully saturated rings. The molecule has 0 aliphatic carbocycles. The predicted molar refractivity (Wildman–Crippen MR) is 83.0 cm³/mol. The molecule has 2 nitrogen and oxygen atoms in total. The Bertz CT molecular complexity index is 642. The Labute approximate surface area is 122 Å². The zero-order valence-electron chi connectivity index (χ0n) is 11.7. The van der Waals surface area contributed by atoms with E-state index in [4.69, 9.17) is 0 Å². The number of hydrogen-bond donors (Lipinski definition) is 1. The molecule has 2 aromatic carbocycles. The number of aliphatic hydroxyl groups excluding tert-OH is 1. The fourth-order valence-corrected chi connectivity index (χ4v) is 3.15. The molecule has 0 bridgehead atoms. The Balaban J connectivity index is 2.45. The van der Waals surface area contributed by atoms with Gasteiger partial charge in [-0.05, 0) is 43.2 Å². The van der Waals surface area contributed by atoms with Gasteiger partial charge in [0.05, 0.1) is 21.8 Å². The summed E-state index contributed by atoms with van der Waals surface area (Å²) in [4.78, 5) is 1.43. The van der Waals surface area contributed by atoms with Gasteiger partial charge in [0, 0.05) is 4.90 Å². The highest BCUT2D eigenvalue weighted by Crippen LogP contribution is 2.26. The van der Waals surface area contributed by atoms with Crippen molar-refractivity contribution in [3.63, 3.8) is 0 Å². The molecule has 2 unspecified atom stereocenters. The molecule has 0 amide bonds. The Morgan fingerprint density at radius 3 is 2.35 bits per heavy atom. The molecule has 1 N–H and O–H groups in total. The molecule has 0 aromatic heterocycles. The first-order valence-electron chi connectivity index (χ1n) is 6.45. The second-order valence-corrected chi connectivity index (χ2v) is 6.23. The summed E-state index contributed by atoms with van der Waals surface area (Å²) in [5, 5.41) is 9.69. The minimum atomic E-state index is -1.28. The third-order valence-electron chi connectivity index (χ3n) is 3.17. The summed E-state index contributed by atoms with van der Waals surface area (Å²) < 4.78 is 12.7. The summed E-state index contributed by atoms with van der Waals surface area (Å²) in [7, 11) is -1.28. The minimum absolute atomic E-state index is 0.584. The molecule has 3 heteroatoms. The van der Waals surface area contributed by atoms with Crippen molar-refractivity contribution in [1.29, 1.82) is 0 Å². The van der Waals surface area contributed by atoms with Crippen molar-refractivity contribution in [1.82, 2.24) is 0 Å². The van der Waals surface area contributed by atoms with Gasteiger partial charge in [-0.25, -0.2) is 4.21 Å². The topological polar surface area (TPSA) is 37.3 Å². The number of hydrogen-bond acceptors (Lipinski definition) is 2. The van der Waals surface area contributed by atoms with Crippen molar-refractivity contribution >= 4 is 16.4 Å². The lowest BCUT2D eigenvalue weighted by Crippen LogP contribution is -2.06. The van der Waals surface area contributed by atoms with Crippen LogP contribution in [-0.2, 0) is 10.8 Å². The van der Waals surface area contributed by atoms with Crippen LogP contribution >= 0.6 is 0 Å². The number of aryl methyl sites for hydroxylation is 1. The lowest BCUT2D eigenvalue weighted by atomic mass is 10.0. The van der Waals surface area contributed by atoms with Crippen LogP contribution < -0.4 is 0 Å². The molecule has 0 aliphatic rings. The van der Waals surface area contributed by atoms with E-state index in [0.717, 1.165) is 16.0 Å². The number of aliphatic hydroxyl groups is 1. The predicted octanol–water partition coefficient (Wildman–Crippen LogP) is 3.56. The highest BCUT2D eigenvalue weighted by Gasteiger charge is 2.15. The summed E-state index contributed by atoms with van der Waals surface area (Å²) >= 11 is 0. The smallest absolute Gasteiger partial charge is 0.0855 e. The van der Waals surface area contributed by atoms with Gasteiger partial charge in [0.2, 0.25) is 0 Å². The average Bonchev–Trinajstić information content (AvgIpc) is 2.46. The van der Waals surface area contributed by atoms with Crippen LogP contribution in [-0.4, -0.2) is 15.4 Å². The first-order chi connectivity index (χ1) is 9.50. The Morgan fingerprint density at radius 2 is 1.75 bits per heavy atom. The Morgan fingerprint density at radius 1 is 1.15 bits per heavy atom. The SMILES string of the molecule is C=C(c1ccccc1S(=O)c1ccc(C)cc1)C(C)O. The van der Waals surface area contributed by atoms with Crippen molar-refractivity contribution in [2.45, 2.75) is 29.7 Å². The van der Waals surface area contributed by atoms with Crippen LogP contribution in [0.4, 0.5) is 0 Å². The normalized spacial score (nSPS) is 13.8. The van der Waals surface area contributed by atoms with E-state index in [0.29, 0.717) is 10.5 Å². The maximum absolute atomic E-state index is 12.7. The maximum atomic E-state index is 12.7. The van der Waals surface area contributed by atoms with E-state index < -0.39 is 16.9 Å². The quantitative estimate of drug-likeness (QED) is 0.933. The van der Waals surface area contributed by atoms with Crippen LogP contribution in [0.3, 0.4) is 0 Å². The summed E-state index contributed by atoms with van der Waals surface area (Å²) in [6.45, 7) is 7.55. The van der Waals surface area contributed by atoms with Gasteiger partial charge in [-0.15, -0.1) is 0 Å². The fourth-order valence-electron chi connectivity index (χ4n) is 1.91. The van der Waals surface area contributed by atoms with Crippen molar-refractivity contribution in [2.75, 3.05) is 0 Å². The standard InChI is InChI=1S/C17H18O2S/c1-12-8-10-15(11-9-12)20(19)17-7-5-4-6-16(17)13(2)14(3)18/h4-11,14,18H,2H2,1,3H3. The zero-order chi connectivity index (χ0) is 14.7. The molecule has 2 aromatic rings. The minimum Gasteiger partial charge on any atom is -0.389 e. The van der Waals surface area contributed by atoms with Crippen LogP contribution in [0.2, 0.25) is 0 Å². The lowest BCUT2D eigenvalue weighted by Gasteiger charge is -2.13. The molecule has 104 valence electrons. The van der Waals surface area contributed by atoms with Gasteiger partial charge in [0.1, 0.15) is 0 Å². The second kappa shape index (κ2) is 6.16. The highest BCUT2D eigenvalue weighted by molar-refractivity contribution is 7.85. The molecule has 2 atom stereocenters. The molecule has 2 rings (SSSR count). The lowest BCUT2D eigenvalue weighted by molar-refractivity contribution is 0.253. The van der Waals surface area contributed by atoms with Gasteiger partial charge in [0.15, 0.2) is 0 Å². The van der Waals surface area contributed by atoms with Crippen molar-refractivity contribution in [2.24, 2.45) is 0 Å². The summed E-state index contributed by atoms with van der Waals surface area (Å²) in [6.07, 6.45) is -0.661. The largest absolute Gasteiger partial charge is 0.389 e. The van der Waals surface area contributed by atoms with Gasteiger partial charge in [-0.2, -0.15) is 0 Å². The third-order valence-corrected chi connectivity index (χ3v) is 4.63. The maximum Gasteiger partial charge on any atom is 0.0855 e. The van der Waals surface area contributed by atoms with Crippen LogP contribution in [0.5, 0.6) is 0 Å². The van der Waals surface area contributed by atoms with Gasteiger partial charge in [-0.1, -0.05) is 42.5 Å². The molecule has 0 saturated heterocycles. The first kappa shape index (κ1) is 14.7. The fraction of sp³-hybridized carbons (Fsp3) is 0.176. The van der Waals surface area contributed by atoms with Crippen LogP contribution in [0, 0.1) is 6.92 Å². The first-order valence-corrected chi connectivity index (χ1v) is 7.60. The van der Waals surface area contributed by atoms with E-state index in [1.807, 2.05) is 55.5 Å². The van der Waals surface area contributed by atoms with E-state index in [1.165, 1.54) is 0 Å². The number of rotatable bonds is 4. The molecule has 0 aliphatic heterocycles. The van der Waals surface area contributed by atoms with Gasteiger partial charge < -0.3 is 5.11 Å². The van der Waals surface area contributed by atoms with Crippen molar-refractivity contribution < 1.29 is 9.32 Å². The highest BCUT2D eigenvalue weighted by atomic mass is 32.2. The van der Waals surface area contributed by atoms with E-state index in [1.54, 1.807) is 6.92 Å². The van der Waals surface area contributed by atoms with E-state index in [2.05, 4.69) is 6.58 Å². The van der Waals surface area contributed by atoms with Crippen LogP contribution in [0.1, 0.15) is 18.1 Å². The Hall–Kier alpha value is -1.71. The summed E-state index contributed by atoms with van der Waals surface area (Å²) in [5.74, 6) is 0. The zero-order valence-corrected chi connectivity index (χ0v) is 12.5. The van der Waals surface area contributed by atoms with Crippen LogP contribution in [0.15, 0.2) is 64.9 Å². The van der Waals surface area contributed by atoms with Gasteiger partial charge in [-0.3, -0.25) is 0 Å². The third kappa shape index (κ3) is 3.06. The Kier molecular flexibility index (Phi) is 4.53. The second-order valence-electron chi connectivity index (χ2n) is 4.78. The van der Waals surface area contributed by atoms with E-state index in [9.17, 15) is 9.32 Å². The molecule has 0 radical (unpaired) electrons. The number of benzene rings is 2. The van der Waals surface area contributed by atoms with Gasteiger partial charge in [0.25, 0.3) is 0 Å². The van der Waals surface area contributed by atoms with E-state index >= 15 is 0 Å². The molecule has 0 saturated carbocycles. The average molecular weight is 286 g/mol. The van der Waals surface area contributed by atoms with Crippen molar-refractivity contribution in [3.8, 4) is 0 Å². The summed E-state index contributed by atoms with van der Waals surface area (Å²) in [6, 6.07) is 15.0. The molecule has 0 spiro atoms. The molecule has 20 heavy (non-hydrogen) atoms. The molecular formula is C17H18O2S. The monoisotopic (exact) mass is 286 g/mol. The van der Waals surface area contributed by atoms with Gasteiger partial charge >= 0.3 is 0 Å². The van der Waals surface area contributed by atoms with E-state index in [-0.39, 0.29) is 0 Å². The summed E-state index contributed by atoms with van der Waals surface area (Å²) in [5.41, 5.74) is 2.47. The van der Waals surface area contributed by atoms with Crippen LogP contribution in [0.25, 0.3) is 5.57 Å². The molecule has 0 heterocycles.